The normalized spacial score (nSPS) is 14.2. The maximum atomic E-state index is 12.1. The van der Waals surface area contributed by atoms with Gasteiger partial charge in [-0.15, -0.1) is 0 Å². The van der Waals surface area contributed by atoms with Crippen LogP contribution in [0.1, 0.15) is 90.9 Å². The number of aliphatic hydroxyl groups is 1. The van der Waals surface area contributed by atoms with Crippen LogP contribution in [0.4, 0.5) is 0 Å². The fraction of sp³-hybridized carbons (Fsp3) is 0.905. The zero-order valence-electron chi connectivity index (χ0n) is 19.1. The molecule has 1 unspecified atom stereocenters. The highest BCUT2D eigenvalue weighted by Crippen LogP contribution is 2.43. The molecule has 0 aromatic carbocycles. The predicted molar refractivity (Wildman–Crippen MR) is 123 cm³/mol. The quantitative estimate of drug-likeness (QED) is 0.132. The molecule has 0 saturated carbocycles. The Morgan fingerprint density at radius 3 is 2.06 bits per heavy atom. The minimum atomic E-state index is -4.36. The number of phosphoric acid groups is 1. The van der Waals surface area contributed by atoms with Crippen molar-refractivity contribution in [3.8, 4) is 0 Å². The fourth-order valence-electron chi connectivity index (χ4n) is 2.74. The molecule has 0 radical (unpaired) electrons. The molecule has 0 aliphatic heterocycles. The van der Waals surface area contributed by atoms with E-state index in [0.29, 0.717) is 12.8 Å². The van der Waals surface area contributed by atoms with Crippen molar-refractivity contribution in [2.45, 2.75) is 97.0 Å². The lowest BCUT2D eigenvalue weighted by Gasteiger charge is -2.19. The third-order valence-corrected chi connectivity index (χ3v) is 6.52. The van der Waals surface area contributed by atoms with E-state index < -0.39 is 26.5 Å². The average Bonchev–Trinajstić information content (AvgIpc) is 2.74. The lowest BCUT2D eigenvalue weighted by molar-refractivity contribution is -0.149. The van der Waals surface area contributed by atoms with Crippen molar-refractivity contribution in [2.75, 3.05) is 25.6 Å². The van der Waals surface area contributed by atoms with Crippen molar-refractivity contribution in [2.24, 2.45) is 0 Å². The first kappa shape index (κ1) is 30.6. The molecule has 31 heavy (non-hydrogen) atoms. The Kier molecular flexibility index (Phi) is 19.9. The van der Waals surface area contributed by atoms with E-state index in [-0.39, 0.29) is 30.5 Å². The Morgan fingerprint density at radius 2 is 1.48 bits per heavy atom. The Bertz CT molecular complexity index is 518. The molecule has 0 saturated heterocycles. The van der Waals surface area contributed by atoms with Crippen molar-refractivity contribution in [1.82, 2.24) is 0 Å². The number of carbonyl (C=O) groups excluding carboxylic acids is 2. The summed E-state index contributed by atoms with van der Waals surface area (Å²) in [4.78, 5) is 33.8. The van der Waals surface area contributed by atoms with Crippen LogP contribution in [0.2, 0.25) is 0 Å². The number of unbranched alkanes of at least 4 members (excludes halogenated alkanes) is 8. The van der Waals surface area contributed by atoms with Crippen LogP contribution in [0.25, 0.3) is 0 Å². The van der Waals surface area contributed by atoms with Crippen LogP contribution in [0.3, 0.4) is 0 Å². The molecule has 0 aromatic rings. The second kappa shape index (κ2) is 20.2. The number of thioether (sulfide) groups is 1. The lowest BCUT2D eigenvalue weighted by Crippen LogP contribution is -2.26. The van der Waals surface area contributed by atoms with Gasteiger partial charge in [0.2, 0.25) is 0 Å². The number of carbonyl (C=O) groups is 2. The van der Waals surface area contributed by atoms with Gasteiger partial charge in [0.15, 0.2) is 5.12 Å². The van der Waals surface area contributed by atoms with Crippen molar-refractivity contribution in [3.63, 3.8) is 0 Å². The maximum absolute atomic E-state index is 12.1. The Labute approximate surface area is 191 Å². The molecule has 0 rings (SSSR count). The highest BCUT2D eigenvalue weighted by atomic mass is 32.2. The molecule has 0 bridgehead atoms. The SMILES string of the molecule is CCCCCCCC(=O)O[C@@H](COP(=O)(O)OCCO)CSC(=O)CCCCCCC. The minimum Gasteiger partial charge on any atom is -0.459 e. The third kappa shape index (κ3) is 19.9. The topological polar surface area (TPSA) is 119 Å². The van der Waals surface area contributed by atoms with Gasteiger partial charge in [-0.1, -0.05) is 77.0 Å². The van der Waals surface area contributed by atoms with Crippen LogP contribution in [0, 0.1) is 0 Å². The number of phosphoric ester groups is 1. The molecule has 0 aromatic heterocycles. The average molecular weight is 485 g/mol. The van der Waals surface area contributed by atoms with Gasteiger partial charge in [-0.25, -0.2) is 4.57 Å². The van der Waals surface area contributed by atoms with E-state index in [9.17, 15) is 19.0 Å². The van der Waals surface area contributed by atoms with Crippen molar-refractivity contribution in [1.29, 1.82) is 0 Å². The predicted octanol–water partition coefficient (Wildman–Crippen LogP) is 5.00. The summed E-state index contributed by atoms with van der Waals surface area (Å²) in [5.74, 6) is -0.267. The van der Waals surface area contributed by atoms with E-state index >= 15 is 0 Å². The fourth-order valence-corrected chi connectivity index (χ4v) is 4.30. The molecule has 0 aliphatic carbocycles. The molecule has 8 nitrogen and oxygen atoms in total. The van der Waals surface area contributed by atoms with Gasteiger partial charge in [0, 0.05) is 18.6 Å². The van der Waals surface area contributed by atoms with Gasteiger partial charge in [0.25, 0.3) is 0 Å². The maximum Gasteiger partial charge on any atom is 0.472 e. The summed E-state index contributed by atoms with van der Waals surface area (Å²) >= 11 is 1.05. The Morgan fingerprint density at radius 1 is 0.903 bits per heavy atom. The van der Waals surface area contributed by atoms with Gasteiger partial charge in [-0.2, -0.15) is 0 Å². The smallest absolute Gasteiger partial charge is 0.459 e. The van der Waals surface area contributed by atoms with Crippen LogP contribution in [-0.2, 0) is 27.9 Å². The first-order valence-electron chi connectivity index (χ1n) is 11.4. The third-order valence-electron chi connectivity index (χ3n) is 4.47. The zero-order valence-corrected chi connectivity index (χ0v) is 20.8. The van der Waals surface area contributed by atoms with E-state index in [1.54, 1.807) is 0 Å². The van der Waals surface area contributed by atoms with Crippen LogP contribution in [-0.4, -0.2) is 52.8 Å². The van der Waals surface area contributed by atoms with Gasteiger partial charge in [-0.05, 0) is 12.8 Å². The summed E-state index contributed by atoms with van der Waals surface area (Å²) in [5, 5.41) is 8.70. The van der Waals surface area contributed by atoms with E-state index in [1.165, 1.54) is 0 Å². The van der Waals surface area contributed by atoms with E-state index in [0.717, 1.165) is 69.5 Å². The minimum absolute atomic E-state index is 0.000764. The van der Waals surface area contributed by atoms with E-state index in [2.05, 4.69) is 18.4 Å². The molecule has 0 amide bonds. The van der Waals surface area contributed by atoms with Gasteiger partial charge in [0.1, 0.15) is 6.10 Å². The highest BCUT2D eigenvalue weighted by Gasteiger charge is 2.25. The molecule has 2 atom stereocenters. The van der Waals surface area contributed by atoms with Crippen LogP contribution < -0.4 is 0 Å². The monoisotopic (exact) mass is 484 g/mol. The second-order valence-electron chi connectivity index (χ2n) is 7.44. The largest absolute Gasteiger partial charge is 0.472 e. The van der Waals surface area contributed by atoms with Crippen molar-refractivity contribution < 1.29 is 37.9 Å². The summed E-state index contributed by atoms with van der Waals surface area (Å²) in [5.41, 5.74) is 0. The number of esters is 1. The van der Waals surface area contributed by atoms with Crippen LogP contribution in [0.5, 0.6) is 0 Å². The summed E-state index contributed by atoms with van der Waals surface area (Å²) in [6.45, 7) is 3.12. The molecule has 184 valence electrons. The Hall–Kier alpha value is -0.440. The highest BCUT2D eigenvalue weighted by molar-refractivity contribution is 8.13. The second-order valence-corrected chi connectivity index (χ2v) is 9.98. The van der Waals surface area contributed by atoms with E-state index in [1.807, 2.05) is 0 Å². The summed E-state index contributed by atoms with van der Waals surface area (Å²) in [6.07, 6.45) is 10.1. The molecule has 10 heteroatoms. The van der Waals surface area contributed by atoms with Gasteiger partial charge >= 0.3 is 13.8 Å². The molecular weight excluding hydrogens is 443 g/mol. The number of hydrogen-bond donors (Lipinski definition) is 2. The van der Waals surface area contributed by atoms with Gasteiger partial charge in [-0.3, -0.25) is 18.6 Å². The number of aliphatic hydroxyl groups excluding tert-OH is 1. The van der Waals surface area contributed by atoms with Crippen LogP contribution >= 0.6 is 19.6 Å². The molecule has 0 spiro atoms. The van der Waals surface area contributed by atoms with Gasteiger partial charge in [0.05, 0.1) is 19.8 Å². The number of ether oxygens (including phenoxy) is 1. The standard InChI is InChI=1S/C21H41O8PS/c1-3-5-7-9-11-13-20(23)29-19(17-28-30(25,26)27-16-15-22)18-31-21(24)14-12-10-8-6-4-2/h19,22H,3-18H2,1-2H3,(H,25,26)/t19-/m0/s1. The molecule has 0 heterocycles. The van der Waals surface area contributed by atoms with E-state index in [4.69, 9.17) is 14.4 Å². The van der Waals surface area contributed by atoms with Gasteiger partial charge < -0.3 is 14.7 Å². The van der Waals surface area contributed by atoms with Crippen molar-refractivity contribution in [3.05, 3.63) is 0 Å². The number of hydrogen-bond acceptors (Lipinski definition) is 8. The Balaban J connectivity index is 4.49. The van der Waals surface area contributed by atoms with Crippen molar-refractivity contribution >= 4 is 30.7 Å². The summed E-state index contributed by atoms with van der Waals surface area (Å²) in [6, 6.07) is 0. The molecule has 0 fully saturated rings. The lowest BCUT2D eigenvalue weighted by atomic mass is 10.1. The number of rotatable bonds is 21. The molecule has 2 N–H and O–H groups in total. The first-order valence-corrected chi connectivity index (χ1v) is 13.9. The van der Waals surface area contributed by atoms with Crippen LogP contribution in [0.15, 0.2) is 0 Å². The zero-order chi connectivity index (χ0) is 23.4. The summed E-state index contributed by atoms with van der Waals surface area (Å²) in [7, 11) is -4.36. The first-order chi connectivity index (χ1) is 14.8. The summed E-state index contributed by atoms with van der Waals surface area (Å²) < 4.78 is 26.6. The molecule has 0 aliphatic rings. The molecular formula is C21H41O8PS.